The molecule has 0 unspecified atom stereocenters. The molecule has 0 bridgehead atoms. The van der Waals surface area contributed by atoms with E-state index in [0.29, 0.717) is 11.0 Å². The summed E-state index contributed by atoms with van der Waals surface area (Å²) < 4.78 is 0. The summed E-state index contributed by atoms with van der Waals surface area (Å²) in [7, 11) is 0. The van der Waals surface area contributed by atoms with Gasteiger partial charge in [0.2, 0.25) is 0 Å². The van der Waals surface area contributed by atoms with Crippen LogP contribution in [-0.2, 0) is 0 Å². The zero-order valence-electron chi connectivity index (χ0n) is 6.48. The number of nitrogens with zero attached hydrogens (tertiary/aromatic N) is 2. The van der Waals surface area contributed by atoms with E-state index in [1.165, 1.54) is 12.5 Å². The molecule has 6 nitrogen and oxygen atoms in total. The van der Waals surface area contributed by atoms with Crippen molar-refractivity contribution >= 4 is 22.8 Å². The molecule has 2 aromatic rings. The van der Waals surface area contributed by atoms with Gasteiger partial charge in [0.05, 0.1) is 0 Å². The van der Waals surface area contributed by atoms with E-state index in [0.717, 1.165) is 0 Å². The second kappa shape index (κ2) is 2.44. The topological polar surface area (TPSA) is 105 Å². The zero-order valence-corrected chi connectivity index (χ0v) is 6.48. The largest absolute Gasteiger partial charge is 0.478 e. The number of aromatic nitrogens is 3. The Hall–Kier alpha value is -2.11. The summed E-state index contributed by atoms with van der Waals surface area (Å²) in [6, 6.07) is 0. The number of aromatic amines is 1. The molecule has 0 saturated heterocycles. The molecule has 2 heterocycles. The minimum Gasteiger partial charge on any atom is -0.478 e. The average molecular weight is 178 g/mol. The summed E-state index contributed by atoms with van der Waals surface area (Å²) in [5.41, 5.74) is 6.39. The Morgan fingerprint density at radius 3 is 3.00 bits per heavy atom. The molecular formula is C7H6N4O2. The van der Waals surface area contributed by atoms with Gasteiger partial charge in [0.1, 0.15) is 22.9 Å². The van der Waals surface area contributed by atoms with Gasteiger partial charge in [-0.25, -0.2) is 14.8 Å². The molecule has 6 heteroatoms. The third-order valence-electron chi connectivity index (χ3n) is 1.72. The van der Waals surface area contributed by atoms with E-state index in [9.17, 15) is 4.79 Å². The molecule has 2 aromatic heterocycles. The fourth-order valence-corrected chi connectivity index (χ4v) is 1.12. The monoisotopic (exact) mass is 178 g/mol. The molecule has 0 aromatic carbocycles. The first-order valence-electron chi connectivity index (χ1n) is 3.51. The summed E-state index contributed by atoms with van der Waals surface area (Å²) in [5, 5.41) is 8.74. The van der Waals surface area contributed by atoms with Gasteiger partial charge in [-0.3, -0.25) is 0 Å². The summed E-state index contributed by atoms with van der Waals surface area (Å²) in [6.07, 6.45) is 2.58. The van der Waals surface area contributed by atoms with Crippen molar-refractivity contribution in [1.82, 2.24) is 15.0 Å². The quantitative estimate of drug-likeness (QED) is 0.580. The van der Waals surface area contributed by atoms with Crippen LogP contribution in [0.15, 0.2) is 12.5 Å². The standard InChI is InChI=1S/C7H6N4O2/c8-6-5-4(10-2-11-6)3(1-9-5)7(12)13/h1-2,9H,(H,12,13)(H2,8,10,11). The van der Waals surface area contributed by atoms with Crippen molar-refractivity contribution in [3.8, 4) is 0 Å². The molecule has 0 amide bonds. The predicted octanol–water partition coefficient (Wildman–Crippen LogP) is 0.238. The third-order valence-corrected chi connectivity index (χ3v) is 1.72. The number of nitrogen functional groups attached to an aromatic ring is 1. The zero-order chi connectivity index (χ0) is 9.42. The number of anilines is 1. The lowest BCUT2D eigenvalue weighted by molar-refractivity contribution is 0.0699. The highest BCUT2D eigenvalue weighted by Gasteiger charge is 2.12. The first-order chi connectivity index (χ1) is 6.20. The van der Waals surface area contributed by atoms with Crippen molar-refractivity contribution in [2.75, 3.05) is 5.73 Å². The smallest absolute Gasteiger partial charge is 0.339 e. The van der Waals surface area contributed by atoms with E-state index in [1.807, 2.05) is 0 Å². The predicted molar refractivity (Wildman–Crippen MR) is 45.3 cm³/mol. The van der Waals surface area contributed by atoms with E-state index < -0.39 is 5.97 Å². The van der Waals surface area contributed by atoms with Crippen molar-refractivity contribution in [3.05, 3.63) is 18.1 Å². The minimum absolute atomic E-state index is 0.101. The van der Waals surface area contributed by atoms with Gasteiger partial charge in [-0.05, 0) is 0 Å². The Labute approximate surface area is 72.4 Å². The van der Waals surface area contributed by atoms with Crippen LogP contribution in [-0.4, -0.2) is 26.0 Å². The molecule has 66 valence electrons. The number of hydrogen-bond acceptors (Lipinski definition) is 4. The fraction of sp³-hybridized carbons (Fsp3) is 0. The molecule has 0 aliphatic carbocycles. The number of carboxylic acids is 1. The Bertz CT molecular complexity index is 476. The van der Waals surface area contributed by atoms with Gasteiger partial charge in [-0.15, -0.1) is 0 Å². The summed E-state index contributed by atoms with van der Waals surface area (Å²) in [4.78, 5) is 20.9. The SMILES string of the molecule is Nc1ncnc2c(C(=O)O)c[nH]c12. The number of nitrogens with two attached hydrogens (primary N) is 1. The van der Waals surface area contributed by atoms with Crippen molar-refractivity contribution in [1.29, 1.82) is 0 Å². The number of rotatable bonds is 1. The molecule has 0 atom stereocenters. The Kier molecular flexibility index (Phi) is 1.42. The lowest BCUT2D eigenvalue weighted by atomic mass is 10.3. The van der Waals surface area contributed by atoms with Gasteiger partial charge in [0.15, 0.2) is 5.82 Å². The lowest BCUT2D eigenvalue weighted by Crippen LogP contribution is -1.96. The van der Waals surface area contributed by atoms with E-state index in [4.69, 9.17) is 10.8 Å². The van der Waals surface area contributed by atoms with Crippen LogP contribution in [0, 0.1) is 0 Å². The van der Waals surface area contributed by atoms with Crippen molar-refractivity contribution in [2.45, 2.75) is 0 Å². The Morgan fingerprint density at radius 1 is 1.54 bits per heavy atom. The molecule has 0 spiro atoms. The Balaban J connectivity index is 2.83. The molecule has 13 heavy (non-hydrogen) atoms. The normalized spacial score (nSPS) is 10.5. The van der Waals surface area contributed by atoms with Crippen molar-refractivity contribution in [3.63, 3.8) is 0 Å². The highest BCUT2D eigenvalue weighted by Crippen LogP contribution is 2.18. The van der Waals surface area contributed by atoms with Gasteiger partial charge >= 0.3 is 5.97 Å². The number of aromatic carboxylic acids is 1. The van der Waals surface area contributed by atoms with E-state index in [-0.39, 0.29) is 11.4 Å². The first kappa shape index (κ1) is 7.53. The molecule has 0 fully saturated rings. The molecule has 4 N–H and O–H groups in total. The minimum atomic E-state index is -1.04. The van der Waals surface area contributed by atoms with Crippen molar-refractivity contribution < 1.29 is 9.90 Å². The molecule has 0 aliphatic heterocycles. The van der Waals surface area contributed by atoms with Gasteiger partial charge in [-0.2, -0.15) is 0 Å². The van der Waals surface area contributed by atoms with Gasteiger partial charge < -0.3 is 15.8 Å². The number of H-pyrrole nitrogens is 1. The summed E-state index contributed by atoms with van der Waals surface area (Å²) >= 11 is 0. The number of nitrogens with one attached hydrogen (secondary N) is 1. The second-order valence-electron chi connectivity index (χ2n) is 2.49. The molecule has 0 radical (unpaired) electrons. The average Bonchev–Trinajstić information content (AvgIpc) is 2.48. The van der Waals surface area contributed by atoms with E-state index in [2.05, 4.69) is 15.0 Å². The number of carboxylic acid groups (broad SMARTS) is 1. The van der Waals surface area contributed by atoms with Gasteiger partial charge in [-0.1, -0.05) is 0 Å². The van der Waals surface area contributed by atoms with Crippen LogP contribution in [0.4, 0.5) is 5.82 Å². The lowest BCUT2D eigenvalue weighted by Gasteiger charge is -1.93. The van der Waals surface area contributed by atoms with Gasteiger partial charge in [0.25, 0.3) is 0 Å². The first-order valence-corrected chi connectivity index (χ1v) is 3.51. The summed E-state index contributed by atoms with van der Waals surface area (Å²) in [6.45, 7) is 0. The fourth-order valence-electron chi connectivity index (χ4n) is 1.12. The van der Waals surface area contributed by atoms with Crippen LogP contribution in [0.2, 0.25) is 0 Å². The Morgan fingerprint density at radius 2 is 2.31 bits per heavy atom. The van der Waals surface area contributed by atoms with Crippen LogP contribution < -0.4 is 5.73 Å². The molecular weight excluding hydrogens is 172 g/mol. The summed E-state index contributed by atoms with van der Waals surface area (Å²) in [5.74, 6) is -0.790. The van der Waals surface area contributed by atoms with Gasteiger partial charge in [0, 0.05) is 6.20 Å². The molecule has 2 rings (SSSR count). The molecule has 0 aliphatic rings. The van der Waals surface area contributed by atoms with Crippen LogP contribution in [0.1, 0.15) is 10.4 Å². The maximum absolute atomic E-state index is 10.7. The van der Waals surface area contributed by atoms with Crippen molar-refractivity contribution in [2.24, 2.45) is 0 Å². The van der Waals surface area contributed by atoms with Crippen LogP contribution >= 0.6 is 0 Å². The van der Waals surface area contributed by atoms with E-state index >= 15 is 0 Å². The number of fused-ring (bicyclic) bond motifs is 1. The van der Waals surface area contributed by atoms with Crippen LogP contribution in [0.3, 0.4) is 0 Å². The van der Waals surface area contributed by atoms with Crippen LogP contribution in [0.5, 0.6) is 0 Å². The maximum atomic E-state index is 10.7. The van der Waals surface area contributed by atoms with Crippen LogP contribution in [0.25, 0.3) is 11.0 Å². The third kappa shape index (κ3) is 0.994. The second-order valence-corrected chi connectivity index (χ2v) is 2.49. The number of hydrogen-bond donors (Lipinski definition) is 3. The highest BCUT2D eigenvalue weighted by atomic mass is 16.4. The number of carbonyl (C=O) groups is 1. The van der Waals surface area contributed by atoms with E-state index in [1.54, 1.807) is 0 Å². The maximum Gasteiger partial charge on any atom is 0.339 e. The molecule has 0 saturated carbocycles. The highest BCUT2D eigenvalue weighted by molar-refractivity contribution is 6.03.